The lowest BCUT2D eigenvalue weighted by Gasteiger charge is -2.33. The number of nitrogens with one attached hydrogen (secondary N) is 1. The third-order valence-corrected chi connectivity index (χ3v) is 5.74. The van der Waals surface area contributed by atoms with E-state index in [0.717, 1.165) is 11.8 Å². The van der Waals surface area contributed by atoms with E-state index in [0.29, 0.717) is 6.04 Å². The summed E-state index contributed by atoms with van der Waals surface area (Å²) in [6, 6.07) is 2.90. The number of hydrogen-bond donors (Lipinski definition) is 1. The van der Waals surface area contributed by atoms with Crippen LogP contribution in [0.3, 0.4) is 0 Å². The molecule has 1 aliphatic carbocycles. The van der Waals surface area contributed by atoms with Gasteiger partial charge in [-0.15, -0.1) is 11.3 Å². The molecule has 18 heavy (non-hydrogen) atoms. The van der Waals surface area contributed by atoms with Crippen LogP contribution in [-0.4, -0.2) is 7.05 Å². The van der Waals surface area contributed by atoms with E-state index in [1.165, 1.54) is 38.5 Å². The zero-order valence-electron chi connectivity index (χ0n) is 12.0. The molecule has 0 amide bonds. The highest BCUT2D eigenvalue weighted by molar-refractivity contribution is 7.10. The van der Waals surface area contributed by atoms with Crippen molar-refractivity contribution < 1.29 is 0 Å². The molecule has 0 saturated heterocycles. The molecule has 1 unspecified atom stereocenters. The lowest BCUT2D eigenvalue weighted by Crippen LogP contribution is -2.28. The van der Waals surface area contributed by atoms with Gasteiger partial charge >= 0.3 is 0 Å². The molecule has 102 valence electrons. The molecule has 0 aromatic carbocycles. The fraction of sp³-hybridized carbons (Fsp3) is 0.750. The SMILES string of the molecule is CCc1ccsc1C(NC)C1CCC(CC)CC1. The van der Waals surface area contributed by atoms with Crippen molar-refractivity contribution in [1.29, 1.82) is 0 Å². The average molecular weight is 265 g/mol. The lowest BCUT2D eigenvalue weighted by molar-refractivity contribution is 0.225. The number of aryl methyl sites for hydroxylation is 1. The average Bonchev–Trinajstić information content (AvgIpc) is 2.89. The molecule has 2 heteroatoms. The van der Waals surface area contributed by atoms with E-state index in [-0.39, 0.29) is 0 Å². The predicted octanol–water partition coefficient (Wildman–Crippen LogP) is 4.79. The normalized spacial score (nSPS) is 26.2. The highest BCUT2D eigenvalue weighted by atomic mass is 32.1. The second kappa shape index (κ2) is 6.72. The minimum absolute atomic E-state index is 0.595. The summed E-state index contributed by atoms with van der Waals surface area (Å²) in [5.41, 5.74) is 1.55. The molecule has 1 aromatic heterocycles. The standard InChI is InChI=1S/C16H27NS/c1-4-12-6-8-14(9-7-12)15(17-3)16-13(5-2)10-11-18-16/h10-12,14-15,17H,4-9H2,1-3H3. The largest absolute Gasteiger partial charge is 0.312 e. The van der Waals surface area contributed by atoms with Crippen LogP contribution in [0.5, 0.6) is 0 Å². The fourth-order valence-electron chi connectivity index (χ4n) is 3.42. The van der Waals surface area contributed by atoms with E-state index in [1.807, 2.05) is 11.3 Å². The van der Waals surface area contributed by atoms with Gasteiger partial charge in [-0.05, 0) is 55.2 Å². The van der Waals surface area contributed by atoms with Gasteiger partial charge in [-0.3, -0.25) is 0 Å². The van der Waals surface area contributed by atoms with Gasteiger partial charge in [0, 0.05) is 10.9 Å². The molecule has 1 heterocycles. The topological polar surface area (TPSA) is 12.0 Å². The summed E-state index contributed by atoms with van der Waals surface area (Å²) in [5, 5.41) is 5.85. The molecule has 0 spiro atoms. The molecule has 1 N–H and O–H groups in total. The Morgan fingerprint density at radius 3 is 2.56 bits per heavy atom. The Morgan fingerprint density at radius 1 is 1.28 bits per heavy atom. The van der Waals surface area contributed by atoms with Gasteiger partial charge in [0.25, 0.3) is 0 Å². The van der Waals surface area contributed by atoms with Gasteiger partial charge in [-0.25, -0.2) is 0 Å². The van der Waals surface area contributed by atoms with Crippen LogP contribution >= 0.6 is 11.3 Å². The summed E-state index contributed by atoms with van der Waals surface area (Å²) in [6.07, 6.45) is 8.23. The predicted molar refractivity (Wildman–Crippen MR) is 81.2 cm³/mol. The van der Waals surface area contributed by atoms with Crippen molar-refractivity contribution in [2.75, 3.05) is 7.05 Å². The van der Waals surface area contributed by atoms with Gasteiger partial charge in [0.05, 0.1) is 0 Å². The Balaban J connectivity index is 2.05. The van der Waals surface area contributed by atoms with Crippen molar-refractivity contribution in [3.05, 3.63) is 21.9 Å². The summed E-state index contributed by atoms with van der Waals surface area (Å²) >= 11 is 1.94. The Morgan fingerprint density at radius 2 is 2.00 bits per heavy atom. The van der Waals surface area contributed by atoms with Crippen molar-refractivity contribution in [3.63, 3.8) is 0 Å². The molecule has 1 nitrogen and oxygen atoms in total. The van der Waals surface area contributed by atoms with Gasteiger partial charge in [0.15, 0.2) is 0 Å². The van der Waals surface area contributed by atoms with E-state index >= 15 is 0 Å². The molecule has 1 saturated carbocycles. The summed E-state index contributed by atoms with van der Waals surface area (Å²) in [5.74, 6) is 1.84. The van der Waals surface area contributed by atoms with Gasteiger partial charge in [0.1, 0.15) is 0 Å². The third kappa shape index (κ3) is 2.97. The highest BCUT2D eigenvalue weighted by Crippen LogP contribution is 2.40. The van der Waals surface area contributed by atoms with Crippen LogP contribution in [0.15, 0.2) is 11.4 Å². The lowest BCUT2D eigenvalue weighted by atomic mass is 9.77. The minimum Gasteiger partial charge on any atom is -0.312 e. The molecule has 1 fully saturated rings. The Kier molecular flexibility index (Phi) is 5.25. The van der Waals surface area contributed by atoms with Crippen molar-refractivity contribution >= 4 is 11.3 Å². The second-order valence-electron chi connectivity index (χ2n) is 5.62. The Bertz CT molecular complexity index is 350. The first-order valence-corrected chi connectivity index (χ1v) is 8.41. The quantitative estimate of drug-likeness (QED) is 0.807. The molecule has 2 rings (SSSR count). The van der Waals surface area contributed by atoms with Crippen molar-refractivity contribution in [3.8, 4) is 0 Å². The zero-order valence-corrected chi connectivity index (χ0v) is 12.9. The first-order valence-electron chi connectivity index (χ1n) is 7.53. The van der Waals surface area contributed by atoms with Crippen LogP contribution in [0.25, 0.3) is 0 Å². The first-order chi connectivity index (χ1) is 8.80. The van der Waals surface area contributed by atoms with E-state index < -0.39 is 0 Å². The summed E-state index contributed by atoms with van der Waals surface area (Å²) in [4.78, 5) is 1.60. The molecule has 1 atom stereocenters. The third-order valence-electron chi connectivity index (χ3n) is 4.70. The molecule has 1 aliphatic rings. The number of hydrogen-bond acceptors (Lipinski definition) is 2. The zero-order chi connectivity index (χ0) is 13.0. The van der Waals surface area contributed by atoms with Gasteiger partial charge in [-0.2, -0.15) is 0 Å². The highest BCUT2D eigenvalue weighted by Gasteiger charge is 2.28. The van der Waals surface area contributed by atoms with Crippen LogP contribution in [-0.2, 0) is 6.42 Å². The first kappa shape index (κ1) is 14.1. The van der Waals surface area contributed by atoms with Gasteiger partial charge in [0.2, 0.25) is 0 Å². The van der Waals surface area contributed by atoms with Crippen molar-refractivity contribution in [2.24, 2.45) is 11.8 Å². The molecular weight excluding hydrogens is 238 g/mol. The van der Waals surface area contributed by atoms with E-state index in [9.17, 15) is 0 Å². The van der Waals surface area contributed by atoms with Crippen LogP contribution in [0.2, 0.25) is 0 Å². The maximum absolute atomic E-state index is 3.59. The molecular formula is C16H27NS. The maximum atomic E-state index is 3.59. The Labute approximate surface area is 116 Å². The molecule has 1 aromatic rings. The van der Waals surface area contributed by atoms with Crippen molar-refractivity contribution in [1.82, 2.24) is 5.32 Å². The summed E-state index contributed by atoms with van der Waals surface area (Å²) in [6.45, 7) is 4.61. The van der Waals surface area contributed by atoms with Crippen LogP contribution in [0, 0.1) is 11.8 Å². The fourth-order valence-corrected chi connectivity index (χ4v) is 4.62. The van der Waals surface area contributed by atoms with Crippen LogP contribution in [0.1, 0.15) is 62.4 Å². The number of rotatable bonds is 5. The molecule has 0 aliphatic heterocycles. The second-order valence-corrected chi connectivity index (χ2v) is 6.57. The molecule has 0 radical (unpaired) electrons. The van der Waals surface area contributed by atoms with Gasteiger partial charge < -0.3 is 5.32 Å². The minimum atomic E-state index is 0.595. The monoisotopic (exact) mass is 265 g/mol. The van der Waals surface area contributed by atoms with E-state index in [2.05, 4.69) is 37.7 Å². The van der Waals surface area contributed by atoms with Gasteiger partial charge in [-0.1, -0.05) is 33.1 Å². The molecule has 0 bridgehead atoms. The van der Waals surface area contributed by atoms with E-state index in [1.54, 1.807) is 10.4 Å². The summed E-state index contributed by atoms with van der Waals surface area (Å²) in [7, 11) is 2.13. The smallest absolute Gasteiger partial charge is 0.0443 e. The maximum Gasteiger partial charge on any atom is 0.0443 e. The Hall–Kier alpha value is -0.340. The van der Waals surface area contributed by atoms with Crippen molar-refractivity contribution in [2.45, 2.75) is 58.4 Å². The van der Waals surface area contributed by atoms with Crippen LogP contribution in [0.4, 0.5) is 0 Å². The number of thiophene rings is 1. The van der Waals surface area contributed by atoms with E-state index in [4.69, 9.17) is 0 Å². The van der Waals surface area contributed by atoms with Crippen LogP contribution < -0.4 is 5.32 Å². The summed E-state index contributed by atoms with van der Waals surface area (Å²) < 4.78 is 0.